The van der Waals surface area contributed by atoms with Crippen LogP contribution in [0.15, 0.2) is 128 Å². The largest absolute Gasteiger partial charge is 0.276 e. The molecule has 0 spiro atoms. The predicted octanol–water partition coefficient (Wildman–Crippen LogP) is 9.22. The molecule has 0 saturated heterocycles. The van der Waals surface area contributed by atoms with Crippen LogP contribution in [-0.4, -0.2) is 24.5 Å². The Kier molecular flexibility index (Phi) is 5.00. The smallest absolute Gasteiger partial charge is 0.238 e. The molecule has 0 atom stereocenters. The second-order valence-electron chi connectivity index (χ2n) is 10.3. The fourth-order valence-electron chi connectivity index (χ4n) is 6.01. The third-order valence-corrected chi connectivity index (χ3v) is 9.20. The van der Waals surface area contributed by atoms with Gasteiger partial charge in [-0.15, -0.1) is 11.3 Å². The molecule has 4 aromatic heterocycles. The van der Waals surface area contributed by atoms with E-state index in [1.165, 1.54) is 36.3 Å². The van der Waals surface area contributed by atoms with Gasteiger partial charge in [0.2, 0.25) is 5.95 Å². The molecule has 0 aliphatic carbocycles. The Hall–Kier alpha value is -5.46. The minimum absolute atomic E-state index is 0.605. The van der Waals surface area contributed by atoms with E-state index >= 15 is 0 Å². The number of fused-ring (bicyclic) bond motifs is 9. The molecule has 0 bridgehead atoms. The van der Waals surface area contributed by atoms with Crippen molar-refractivity contribution >= 4 is 64.1 Å². The Labute approximate surface area is 244 Å². The summed E-state index contributed by atoms with van der Waals surface area (Å²) in [5.41, 5.74) is 4.08. The minimum atomic E-state index is 0.605. The first-order valence-corrected chi connectivity index (χ1v) is 14.6. The van der Waals surface area contributed by atoms with Gasteiger partial charge in [0.25, 0.3) is 0 Å². The highest BCUT2D eigenvalue weighted by Crippen LogP contribution is 2.44. The third-order valence-electron chi connectivity index (χ3n) is 7.94. The SMILES string of the molecule is c1ccc(-c2nc(-c3ccccc3)nc(-n3c4ccccc4c4ccc5c6ccc7cnccc7c6sc5c43)n2)cc1. The maximum Gasteiger partial charge on any atom is 0.238 e. The number of benzene rings is 5. The van der Waals surface area contributed by atoms with Crippen LogP contribution < -0.4 is 0 Å². The van der Waals surface area contributed by atoms with E-state index < -0.39 is 0 Å². The number of hydrogen-bond donors (Lipinski definition) is 0. The normalized spacial score (nSPS) is 11.8. The van der Waals surface area contributed by atoms with Crippen molar-refractivity contribution in [3.8, 4) is 28.7 Å². The Morgan fingerprint density at radius 3 is 1.90 bits per heavy atom. The summed E-state index contributed by atoms with van der Waals surface area (Å²) in [4.78, 5) is 19.5. The summed E-state index contributed by atoms with van der Waals surface area (Å²) in [6.45, 7) is 0. The van der Waals surface area contributed by atoms with Crippen molar-refractivity contribution in [2.24, 2.45) is 0 Å². The molecule has 5 aromatic carbocycles. The standard InChI is InChI=1S/C36H21N5S/c1-3-9-22(10-4-1)34-38-35(23-11-5-2-6-12-23)40-36(39-34)41-30-14-8-7-13-26(30)27-17-18-29-28-16-15-24-21-37-20-19-25(24)32(28)42-33(29)31(27)41/h1-21H. The number of nitrogens with zero attached hydrogens (tertiary/aromatic N) is 5. The van der Waals surface area contributed by atoms with Gasteiger partial charge in [-0.25, -0.2) is 4.98 Å². The van der Waals surface area contributed by atoms with E-state index in [4.69, 9.17) is 15.0 Å². The molecule has 5 nitrogen and oxygen atoms in total. The second kappa shape index (κ2) is 9.03. The van der Waals surface area contributed by atoms with Gasteiger partial charge in [0.15, 0.2) is 11.6 Å². The number of para-hydroxylation sites is 1. The zero-order valence-electron chi connectivity index (χ0n) is 22.3. The molecular formula is C36H21N5S. The fraction of sp³-hybridized carbons (Fsp3) is 0. The van der Waals surface area contributed by atoms with Crippen molar-refractivity contribution in [1.82, 2.24) is 24.5 Å². The maximum atomic E-state index is 5.12. The molecular weight excluding hydrogens is 534 g/mol. The predicted molar refractivity (Wildman–Crippen MR) is 173 cm³/mol. The number of aromatic nitrogens is 5. The summed E-state index contributed by atoms with van der Waals surface area (Å²) < 4.78 is 4.71. The fourth-order valence-corrected chi connectivity index (χ4v) is 7.39. The van der Waals surface area contributed by atoms with E-state index in [0.29, 0.717) is 17.6 Å². The molecule has 0 aliphatic heterocycles. The van der Waals surface area contributed by atoms with Gasteiger partial charge in [-0.1, -0.05) is 103 Å². The first kappa shape index (κ1) is 23.3. The van der Waals surface area contributed by atoms with Crippen molar-refractivity contribution in [2.75, 3.05) is 0 Å². The summed E-state index contributed by atoms with van der Waals surface area (Å²) in [6, 6.07) is 39.8. The molecule has 0 radical (unpaired) electrons. The highest BCUT2D eigenvalue weighted by atomic mass is 32.1. The number of thiophene rings is 1. The lowest BCUT2D eigenvalue weighted by Gasteiger charge is -2.11. The summed E-state index contributed by atoms with van der Waals surface area (Å²) >= 11 is 1.83. The van der Waals surface area contributed by atoms with Crippen LogP contribution in [0.4, 0.5) is 0 Å². The number of rotatable bonds is 3. The van der Waals surface area contributed by atoms with Gasteiger partial charge in [0, 0.05) is 60.5 Å². The first-order valence-electron chi connectivity index (χ1n) is 13.8. The average molecular weight is 556 g/mol. The third kappa shape index (κ3) is 3.42. The lowest BCUT2D eigenvalue weighted by atomic mass is 10.1. The summed E-state index contributed by atoms with van der Waals surface area (Å²) in [6.07, 6.45) is 3.81. The lowest BCUT2D eigenvalue weighted by molar-refractivity contribution is 0.955. The van der Waals surface area contributed by atoms with E-state index in [1.807, 2.05) is 84.4 Å². The Morgan fingerprint density at radius 1 is 0.500 bits per heavy atom. The van der Waals surface area contributed by atoms with Crippen LogP contribution in [0.1, 0.15) is 0 Å². The van der Waals surface area contributed by atoms with Crippen LogP contribution in [0.2, 0.25) is 0 Å². The van der Waals surface area contributed by atoms with Gasteiger partial charge in [0.05, 0.1) is 15.7 Å². The maximum absolute atomic E-state index is 5.12. The highest BCUT2D eigenvalue weighted by molar-refractivity contribution is 7.27. The van der Waals surface area contributed by atoms with Crippen molar-refractivity contribution < 1.29 is 0 Å². The van der Waals surface area contributed by atoms with Crippen LogP contribution >= 0.6 is 11.3 Å². The van der Waals surface area contributed by atoms with Gasteiger partial charge in [-0.2, -0.15) is 9.97 Å². The molecule has 6 heteroatoms. The molecule has 0 amide bonds. The Morgan fingerprint density at radius 2 is 1.14 bits per heavy atom. The zero-order chi connectivity index (χ0) is 27.6. The minimum Gasteiger partial charge on any atom is -0.276 e. The van der Waals surface area contributed by atoms with Gasteiger partial charge >= 0.3 is 0 Å². The van der Waals surface area contributed by atoms with E-state index in [0.717, 1.165) is 27.5 Å². The van der Waals surface area contributed by atoms with Crippen molar-refractivity contribution in [1.29, 1.82) is 0 Å². The van der Waals surface area contributed by atoms with Crippen molar-refractivity contribution in [2.45, 2.75) is 0 Å². The summed E-state index contributed by atoms with van der Waals surface area (Å²) in [7, 11) is 0. The van der Waals surface area contributed by atoms with E-state index in [1.54, 1.807) is 0 Å². The van der Waals surface area contributed by atoms with E-state index in [2.05, 4.69) is 64.1 Å². The molecule has 4 heterocycles. The zero-order valence-corrected chi connectivity index (χ0v) is 23.1. The lowest BCUT2D eigenvalue weighted by Crippen LogP contribution is -2.06. The van der Waals surface area contributed by atoms with Gasteiger partial charge < -0.3 is 0 Å². The first-order chi connectivity index (χ1) is 20.8. The van der Waals surface area contributed by atoms with Gasteiger partial charge in [0.1, 0.15) is 0 Å². The van der Waals surface area contributed by atoms with Gasteiger partial charge in [-0.05, 0) is 12.1 Å². The molecule has 9 rings (SSSR count). The topological polar surface area (TPSA) is 56.5 Å². The van der Waals surface area contributed by atoms with E-state index in [-0.39, 0.29) is 0 Å². The van der Waals surface area contributed by atoms with Crippen LogP contribution in [0.25, 0.3) is 81.5 Å². The van der Waals surface area contributed by atoms with Crippen LogP contribution in [0, 0.1) is 0 Å². The Bertz CT molecular complexity index is 2400. The number of hydrogen-bond acceptors (Lipinski definition) is 5. The monoisotopic (exact) mass is 555 g/mol. The highest BCUT2D eigenvalue weighted by Gasteiger charge is 2.21. The van der Waals surface area contributed by atoms with Crippen LogP contribution in [0.5, 0.6) is 0 Å². The van der Waals surface area contributed by atoms with Crippen LogP contribution in [-0.2, 0) is 0 Å². The number of pyridine rings is 1. The van der Waals surface area contributed by atoms with Crippen molar-refractivity contribution in [3.05, 3.63) is 128 Å². The molecule has 0 fully saturated rings. The molecule has 0 aliphatic rings. The second-order valence-corrected chi connectivity index (χ2v) is 11.4. The molecule has 0 unspecified atom stereocenters. The van der Waals surface area contributed by atoms with Crippen LogP contribution in [0.3, 0.4) is 0 Å². The molecule has 196 valence electrons. The molecule has 0 saturated carbocycles. The molecule has 42 heavy (non-hydrogen) atoms. The molecule has 9 aromatic rings. The quantitative estimate of drug-likeness (QED) is 0.218. The summed E-state index contributed by atoms with van der Waals surface area (Å²) in [5, 5.41) is 7.19. The van der Waals surface area contributed by atoms with E-state index in [9.17, 15) is 0 Å². The molecule has 0 N–H and O–H groups in total. The summed E-state index contributed by atoms with van der Waals surface area (Å²) in [5.74, 6) is 1.90. The average Bonchev–Trinajstić information content (AvgIpc) is 3.62. The van der Waals surface area contributed by atoms with Gasteiger partial charge in [-0.3, -0.25) is 9.55 Å². The Balaban J connectivity index is 1.44. The van der Waals surface area contributed by atoms with Crippen molar-refractivity contribution in [3.63, 3.8) is 0 Å².